The number of ketones is 1. The van der Waals surface area contributed by atoms with E-state index in [1.165, 1.54) is 84.0 Å². The Kier molecular flexibility index (Phi) is 13.5. The van der Waals surface area contributed by atoms with Gasteiger partial charge in [-0.3, -0.25) is 14.8 Å². The summed E-state index contributed by atoms with van der Waals surface area (Å²) in [5, 5.41) is 9.39. The molecule has 4 aromatic heterocycles. The summed E-state index contributed by atoms with van der Waals surface area (Å²) in [6.07, 6.45) is 8.98. The highest BCUT2D eigenvalue weighted by Gasteiger charge is 2.40. The van der Waals surface area contributed by atoms with E-state index in [9.17, 15) is 4.79 Å². The van der Waals surface area contributed by atoms with Crippen LogP contribution in [0.2, 0.25) is 6.82 Å². The van der Waals surface area contributed by atoms with Gasteiger partial charge in [0.1, 0.15) is 5.69 Å². The Bertz CT molecular complexity index is 5320. The summed E-state index contributed by atoms with van der Waals surface area (Å²) >= 11 is 0. The number of aromatic nitrogens is 4. The maximum Gasteiger partial charge on any atom is 0.195 e. The average molecular weight is 1120 g/mol. The second kappa shape index (κ2) is 22.4. The summed E-state index contributed by atoms with van der Waals surface area (Å²) in [5.41, 5.74) is 24.4. The molecule has 0 saturated carbocycles. The van der Waals surface area contributed by atoms with E-state index in [0.717, 1.165) is 88.3 Å². The number of hydrogen-bond donors (Lipinski definition) is 0. The highest BCUT2D eigenvalue weighted by molar-refractivity contribution is 6.61. The highest BCUT2D eigenvalue weighted by Crippen LogP contribution is 2.58. The quantitative estimate of drug-likeness (QED) is 0.0976. The molecule has 11 aromatic carbocycles. The van der Waals surface area contributed by atoms with Gasteiger partial charge in [-0.1, -0.05) is 249 Å². The van der Waals surface area contributed by atoms with Crippen molar-refractivity contribution in [2.45, 2.75) is 6.82 Å². The lowest BCUT2D eigenvalue weighted by Gasteiger charge is -2.20. The van der Waals surface area contributed by atoms with E-state index in [1.54, 1.807) is 6.20 Å². The first kappa shape index (κ1) is 53.1. The fraction of sp³-hybridized carbons (Fsp3) is 0.0122. The predicted octanol–water partition coefficient (Wildman–Crippen LogP) is 19.9. The van der Waals surface area contributed by atoms with E-state index in [4.69, 9.17) is 16.4 Å². The Morgan fingerprint density at radius 2 is 0.739 bits per heavy atom. The standard InChI is InChI=1S/C40H24N2.C27H16O.C14H8N2.CH3B.H/c1-3-10-25(11-4-1)32-24-33(34-22-21-29-20-19-28-16-9-23-41-39(28)40(29)42-34)36(27-12-5-2-6-13-27)38-31-18-8-15-26-14-7-17-30(35(26)31)37(32)38;28-27-23(18-9-3-1-4-10-18)25-20-15-7-13-17-14-8-16-21(22(17)20)26(25)24(27)19-11-5-2-6-12-19;1-2-12-8-7-11-6-5-10-4-3-9-15-13(10)14(11)16-12;1-2;/h1-24H;1-16H;1,3-9H;1H3;/q;;;;-1/i;;;;1+1. The molecule has 5 nitrogen and oxygen atoms in total. The minimum atomic E-state index is 0. The number of Topliss-reactive ketones (excluding diaryl/α,β-unsaturated/α-hetero) is 1. The lowest BCUT2D eigenvalue weighted by molar-refractivity contribution is -0.108. The van der Waals surface area contributed by atoms with Crippen molar-refractivity contribution in [1.29, 1.82) is 0 Å². The molecule has 18 rings (SSSR count). The van der Waals surface area contributed by atoms with Gasteiger partial charge in [-0.05, 0) is 125 Å². The van der Waals surface area contributed by atoms with Gasteiger partial charge in [0.2, 0.25) is 0 Å². The summed E-state index contributed by atoms with van der Waals surface area (Å²) in [5.74, 6) is 2.66. The average Bonchev–Trinajstić information content (AvgIpc) is 1.56. The number of carbonyl (C=O) groups is 1. The molecule has 0 spiro atoms. The molecule has 0 amide bonds. The number of allylic oxidation sites excluding steroid dienone is 4. The van der Waals surface area contributed by atoms with Crippen LogP contribution in [0.1, 0.15) is 29.4 Å². The first-order chi connectivity index (χ1) is 43.6. The first-order valence-electron chi connectivity index (χ1n) is 29.4. The number of terminal acetylenes is 1. The maximum atomic E-state index is 13.7. The summed E-state index contributed by atoms with van der Waals surface area (Å²) < 4.78 is 0. The van der Waals surface area contributed by atoms with Crippen molar-refractivity contribution in [2.75, 3.05) is 0 Å². The van der Waals surface area contributed by atoms with Crippen LogP contribution in [0.25, 0.3) is 143 Å². The van der Waals surface area contributed by atoms with Crippen LogP contribution >= 0.6 is 0 Å². The lowest BCUT2D eigenvalue weighted by atomic mass is 9.83. The molecule has 3 aliphatic rings. The molecule has 0 bridgehead atoms. The fourth-order valence-corrected chi connectivity index (χ4v) is 13.3. The molecule has 410 valence electrons. The van der Waals surface area contributed by atoms with Gasteiger partial charge >= 0.3 is 0 Å². The van der Waals surface area contributed by atoms with E-state index < -0.39 is 0 Å². The normalized spacial score (nSPS) is 12.3. The molecule has 0 fully saturated rings. The van der Waals surface area contributed by atoms with Gasteiger partial charge in [-0.15, -0.1) is 6.42 Å². The van der Waals surface area contributed by atoms with Crippen molar-refractivity contribution in [3.63, 3.8) is 0 Å². The topological polar surface area (TPSA) is 68.6 Å². The van der Waals surface area contributed by atoms with Crippen LogP contribution in [-0.4, -0.2) is 33.6 Å². The molecule has 0 N–H and O–H groups in total. The molecular formula is C82H52BN4O-. The van der Waals surface area contributed by atoms with Crippen molar-refractivity contribution >= 4 is 101 Å². The zero-order valence-electron chi connectivity index (χ0n) is 49.0. The van der Waals surface area contributed by atoms with Gasteiger partial charge in [-0.25, -0.2) is 9.97 Å². The summed E-state index contributed by atoms with van der Waals surface area (Å²) in [6.45, 7) is 1.50. The Morgan fingerprint density at radius 1 is 0.330 bits per heavy atom. The summed E-state index contributed by atoms with van der Waals surface area (Å²) in [7, 11) is 4.50. The number of fused-ring (bicyclic) bond motifs is 12. The second-order valence-corrected chi connectivity index (χ2v) is 21.8. The molecule has 0 unspecified atom stereocenters. The van der Waals surface area contributed by atoms with Crippen molar-refractivity contribution in [2.24, 2.45) is 0 Å². The Hall–Kier alpha value is -11.6. The van der Waals surface area contributed by atoms with Crippen molar-refractivity contribution in [3.05, 3.63) is 313 Å². The maximum absolute atomic E-state index is 13.7. The van der Waals surface area contributed by atoms with Gasteiger partial charge < -0.3 is 1.43 Å². The number of pyridine rings is 4. The molecule has 0 aliphatic heterocycles. The van der Waals surface area contributed by atoms with Gasteiger partial charge in [0.05, 0.1) is 35.6 Å². The van der Waals surface area contributed by atoms with E-state index in [0.29, 0.717) is 5.69 Å². The first-order valence-corrected chi connectivity index (χ1v) is 29.4. The van der Waals surface area contributed by atoms with Gasteiger partial charge in [0.15, 0.2) is 5.78 Å². The number of nitrogens with zero attached hydrogens (tertiary/aromatic N) is 4. The van der Waals surface area contributed by atoms with Crippen molar-refractivity contribution in [3.8, 4) is 68.1 Å². The number of hydrogen-bond acceptors (Lipinski definition) is 5. The van der Waals surface area contributed by atoms with Crippen molar-refractivity contribution in [1.82, 2.24) is 19.9 Å². The summed E-state index contributed by atoms with van der Waals surface area (Å²) in [4.78, 5) is 32.6. The Morgan fingerprint density at radius 3 is 1.25 bits per heavy atom. The van der Waals surface area contributed by atoms with Crippen LogP contribution in [0, 0.1) is 12.3 Å². The minimum absolute atomic E-state index is 0. The zero-order valence-corrected chi connectivity index (χ0v) is 48.0. The van der Waals surface area contributed by atoms with Crippen LogP contribution in [0.5, 0.6) is 0 Å². The fourth-order valence-electron chi connectivity index (χ4n) is 13.3. The number of rotatable bonds is 5. The molecular weight excluding hydrogens is 1070 g/mol. The molecule has 6 heteroatoms. The van der Waals surface area contributed by atoms with Crippen LogP contribution in [-0.2, 0) is 4.79 Å². The largest absolute Gasteiger partial charge is 1.00 e. The third-order valence-electron chi connectivity index (χ3n) is 17.0. The smallest absolute Gasteiger partial charge is 0.195 e. The molecule has 3 aliphatic carbocycles. The van der Waals surface area contributed by atoms with Crippen LogP contribution in [0.4, 0.5) is 0 Å². The third kappa shape index (κ3) is 8.87. The van der Waals surface area contributed by atoms with Gasteiger partial charge in [0, 0.05) is 61.8 Å². The predicted molar refractivity (Wildman–Crippen MR) is 368 cm³/mol. The van der Waals surface area contributed by atoms with Gasteiger partial charge in [0.25, 0.3) is 0 Å². The van der Waals surface area contributed by atoms with E-state index in [2.05, 4.69) is 194 Å². The molecule has 15 aromatic rings. The minimum Gasteiger partial charge on any atom is -1.00 e. The molecule has 0 atom stereocenters. The summed E-state index contributed by atoms with van der Waals surface area (Å²) in [6, 6.07) is 94.8. The molecule has 0 saturated heterocycles. The lowest BCUT2D eigenvalue weighted by Crippen LogP contribution is -2.02. The molecule has 2 radical (unpaired) electrons. The van der Waals surface area contributed by atoms with Gasteiger partial charge in [-0.2, -0.15) is 0 Å². The number of carbonyl (C=O) groups excluding carboxylic acids is 1. The SMILES string of the molecule is C#Cc1ccc2ccc3cccnc3c2n1.O=C1C(c2ccccc2)=C2C(=C1c1ccccc1)c1cccc3cccc2c13.[2H-].[B]C.c1ccc(-c2cc(-c3ccc4ccc5cccnc5c4n3)c(-c3ccccc3)c3c2-c2cccc4cccc-3c24)cc1. The van der Waals surface area contributed by atoms with Crippen LogP contribution in [0.3, 0.4) is 0 Å². The number of benzene rings is 11. The third-order valence-corrected chi connectivity index (χ3v) is 17.0. The monoisotopic (exact) mass is 1120 g/mol. The Balaban J connectivity index is 0.000000127. The van der Waals surface area contributed by atoms with E-state index in [1.807, 2.05) is 109 Å². The van der Waals surface area contributed by atoms with Crippen molar-refractivity contribution < 1.29 is 6.22 Å². The second-order valence-electron chi connectivity index (χ2n) is 21.8. The highest BCUT2D eigenvalue weighted by atomic mass is 16.1. The zero-order chi connectivity index (χ0) is 59.2. The van der Waals surface area contributed by atoms with E-state index in [-0.39, 0.29) is 7.21 Å². The molecule has 4 heterocycles. The van der Waals surface area contributed by atoms with Crippen LogP contribution in [0.15, 0.2) is 285 Å². The molecule has 88 heavy (non-hydrogen) atoms. The van der Waals surface area contributed by atoms with Crippen LogP contribution < -0.4 is 0 Å². The van der Waals surface area contributed by atoms with E-state index >= 15 is 0 Å². The Labute approximate surface area is 512 Å².